The summed E-state index contributed by atoms with van der Waals surface area (Å²) in [5.41, 5.74) is 2.31. The lowest BCUT2D eigenvalue weighted by molar-refractivity contribution is 0.101. The molecule has 2 aromatic rings. The molecule has 0 fully saturated rings. The molecular formula is C12H11N3O. The number of Topliss-reactive ketones (excluding diaryl/α,β-unsaturated/α-hetero) is 1. The molecule has 80 valence electrons. The van der Waals surface area contributed by atoms with E-state index in [2.05, 4.69) is 15.2 Å². The molecule has 0 bridgehead atoms. The standard InChI is InChI=1S/C12H11N3O/c1-8-5-3-4-6-10(8)12-13-7-11(9(2)16)14-15-12/h3-7H,1-2H3. The topological polar surface area (TPSA) is 55.7 Å². The predicted octanol–water partition coefficient (Wildman–Crippen LogP) is 2.05. The molecule has 0 saturated carbocycles. The fourth-order valence-corrected chi connectivity index (χ4v) is 1.38. The monoisotopic (exact) mass is 213 g/mol. The van der Waals surface area contributed by atoms with Crippen LogP contribution in [0.15, 0.2) is 30.5 Å². The Morgan fingerprint density at radius 3 is 2.50 bits per heavy atom. The van der Waals surface area contributed by atoms with Gasteiger partial charge in [-0.1, -0.05) is 24.3 Å². The number of hydrogen-bond donors (Lipinski definition) is 0. The number of carbonyl (C=O) groups is 1. The van der Waals surface area contributed by atoms with Crippen LogP contribution in [0.4, 0.5) is 0 Å². The summed E-state index contributed by atoms with van der Waals surface area (Å²) in [5, 5.41) is 7.78. The molecule has 0 aliphatic heterocycles. The van der Waals surface area contributed by atoms with Crippen molar-refractivity contribution in [3.8, 4) is 11.4 Å². The maximum Gasteiger partial charge on any atom is 0.182 e. The lowest BCUT2D eigenvalue weighted by Gasteiger charge is -2.02. The van der Waals surface area contributed by atoms with Crippen LogP contribution in [0.5, 0.6) is 0 Å². The number of aromatic nitrogens is 3. The molecule has 4 nitrogen and oxygen atoms in total. The Labute approximate surface area is 93.4 Å². The zero-order valence-electron chi connectivity index (χ0n) is 9.14. The Balaban J connectivity index is 2.43. The molecule has 0 N–H and O–H groups in total. The molecule has 0 atom stereocenters. The largest absolute Gasteiger partial charge is 0.293 e. The highest BCUT2D eigenvalue weighted by Gasteiger charge is 2.07. The molecule has 0 radical (unpaired) electrons. The number of ketones is 1. The first kappa shape index (κ1) is 10.4. The number of rotatable bonds is 2. The van der Waals surface area contributed by atoms with Crippen LogP contribution >= 0.6 is 0 Å². The first-order valence-electron chi connectivity index (χ1n) is 4.95. The van der Waals surface area contributed by atoms with Crippen molar-refractivity contribution in [2.24, 2.45) is 0 Å². The highest BCUT2D eigenvalue weighted by atomic mass is 16.1. The van der Waals surface area contributed by atoms with Gasteiger partial charge in [-0.15, -0.1) is 10.2 Å². The summed E-state index contributed by atoms with van der Waals surface area (Å²) in [4.78, 5) is 15.2. The van der Waals surface area contributed by atoms with E-state index in [1.54, 1.807) is 0 Å². The van der Waals surface area contributed by atoms with Gasteiger partial charge in [0, 0.05) is 12.5 Å². The molecule has 16 heavy (non-hydrogen) atoms. The fraction of sp³-hybridized carbons (Fsp3) is 0.167. The van der Waals surface area contributed by atoms with Crippen LogP contribution in [0.3, 0.4) is 0 Å². The lowest BCUT2D eigenvalue weighted by atomic mass is 10.1. The second-order valence-corrected chi connectivity index (χ2v) is 3.54. The Morgan fingerprint density at radius 1 is 1.19 bits per heavy atom. The fourth-order valence-electron chi connectivity index (χ4n) is 1.38. The summed E-state index contributed by atoms with van der Waals surface area (Å²) in [7, 11) is 0. The minimum atomic E-state index is -0.128. The third-order valence-electron chi connectivity index (χ3n) is 2.31. The van der Waals surface area contributed by atoms with Gasteiger partial charge in [-0.2, -0.15) is 0 Å². The van der Waals surface area contributed by atoms with Crippen molar-refractivity contribution in [1.82, 2.24) is 15.2 Å². The van der Waals surface area contributed by atoms with Gasteiger partial charge in [0.1, 0.15) is 5.69 Å². The molecule has 2 rings (SSSR count). The van der Waals surface area contributed by atoms with Crippen LogP contribution in [0.25, 0.3) is 11.4 Å². The maximum absolute atomic E-state index is 11.0. The highest BCUT2D eigenvalue weighted by Crippen LogP contribution is 2.17. The summed E-state index contributed by atoms with van der Waals surface area (Å²) in [5.74, 6) is 0.416. The van der Waals surface area contributed by atoms with E-state index < -0.39 is 0 Å². The molecular weight excluding hydrogens is 202 g/mol. The van der Waals surface area contributed by atoms with Gasteiger partial charge in [0.2, 0.25) is 0 Å². The van der Waals surface area contributed by atoms with Crippen LogP contribution in [-0.4, -0.2) is 21.0 Å². The van der Waals surface area contributed by atoms with E-state index in [1.165, 1.54) is 13.1 Å². The van der Waals surface area contributed by atoms with Gasteiger partial charge < -0.3 is 0 Å². The maximum atomic E-state index is 11.0. The third kappa shape index (κ3) is 1.95. The molecule has 0 spiro atoms. The van der Waals surface area contributed by atoms with Crippen molar-refractivity contribution >= 4 is 5.78 Å². The van der Waals surface area contributed by atoms with Crippen molar-refractivity contribution in [3.05, 3.63) is 41.7 Å². The second kappa shape index (κ2) is 4.18. The Kier molecular flexibility index (Phi) is 2.72. The van der Waals surface area contributed by atoms with Gasteiger partial charge in [-0.05, 0) is 12.5 Å². The SMILES string of the molecule is CC(=O)c1cnc(-c2ccccc2C)nn1. The van der Waals surface area contributed by atoms with Gasteiger partial charge in [-0.25, -0.2) is 4.98 Å². The van der Waals surface area contributed by atoms with Crippen molar-refractivity contribution in [1.29, 1.82) is 0 Å². The van der Waals surface area contributed by atoms with E-state index in [9.17, 15) is 4.79 Å². The van der Waals surface area contributed by atoms with Gasteiger partial charge in [0.25, 0.3) is 0 Å². The first-order valence-corrected chi connectivity index (χ1v) is 4.95. The number of carbonyl (C=O) groups excluding carboxylic acids is 1. The average molecular weight is 213 g/mol. The Morgan fingerprint density at radius 2 is 1.94 bits per heavy atom. The average Bonchev–Trinajstić information content (AvgIpc) is 2.30. The van der Waals surface area contributed by atoms with Crippen LogP contribution in [0.2, 0.25) is 0 Å². The van der Waals surface area contributed by atoms with Gasteiger partial charge in [0.05, 0.1) is 6.20 Å². The molecule has 1 heterocycles. The Bertz CT molecular complexity index is 520. The van der Waals surface area contributed by atoms with E-state index >= 15 is 0 Å². The molecule has 0 saturated heterocycles. The van der Waals surface area contributed by atoms with Crippen LogP contribution < -0.4 is 0 Å². The number of hydrogen-bond acceptors (Lipinski definition) is 4. The predicted molar refractivity (Wildman–Crippen MR) is 60.0 cm³/mol. The lowest BCUT2D eigenvalue weighted by Crippen LogP contribution is -2.02. The molecule has 0 aliphatic rings. The zero-order chi connectivity index (χ0) is 11.5. The summed E-state index contributed by atoms with van der Waals surface area (Å²) < 4.78 is 0. The summed E-state index contributed by atoms with van der Waals surface area (Å²) in [6.45, 7) is 3.43. The second-order valence-electron chi connectivity index (χ2n) is 3.54. The normalized spacial score (nSPS) is 10.1. The highest BCUT2D eigenvalue weighted by molar-refractivity contribution is 5.91. The molecule has 0 aliphatic carbocycles. The van der Waals surface area contributed by atoms with Crippen molar-refractivity contribution in [2.75, 3.05) is 0 Å². The number of nitrogens with zero attached hydrogens (tertiary/aromatic N) is 3. The van der Waals surface area contributed by atoms with Crippen molar-refractivity contribution in [2.45, 2.75) is 13.8 Å². The van der Waals surface area contributed by atoms with E-state index in [-0.39, 0.29) is 11.5 Å². The van der Waals surface area contributed by atoms with E-state index in [0.717, 1.165) is 11.1 Å². The summed E-state index contributed by atoms with van der Waals surface area (Å²) in [6, 6.07) is 7.79. The smallest absolute Gasteiger partial charge is 0.182 e. The van der Waals surface area contributed by atoms with Gasteiger partial charge >= 0.3 is 0 Å². The van der Waals surface area contributed by atoms with Crippen molar-refractivity contribution < 1.29 is 4.79 Å². The Hall–Kier alpha value is -2.10. The van der Waals surface area contributed by atoms with E-state index in [1.807, 2.05) is 31.2 Å². The van der Waals surface area contributed by atoms with Crippen LogP contribution in [0.1, 0.15) is 23.0 Å². The minimum Gasteiger partial charge on any atom is -0.293 e. The zero-order valence-corrected chi connectivity index (χ0v) is 9.14. The first-order chi connectivity index (χ1) is 7.68. The number of aryl methyl sites for hydroxylation is 1. The minimum absolute atomic E-state index is 0.128. The van der Waals surface area contributed by atoms with Crippen molar-refractivity contribution in [3.63, 3.8) is 0 Å². The molecule has 0 unspecified atom stereocenters. The van der Waals surface area contributed by atoms with Crippen LogP contribution in [0, 0.1) is 6.92 Å². The third-order valence-corrected chi connectivity index (χ3v) is 2.31. The van der Waals surface area contributed by atoms with Crippen LogP contribution in [-0.2, 0) is 0 Å². The van der Waals surface area contributed by atoms with Gasteiger partial charge in [0.15, 0.2) is 11.6 Å². The molecule has 4 heteroatoms. The molecule has 1 aromatic heterocycles. The van der Waals surface area contributed by atoms with E-state index in [0.29, 0.717) is 5.82 Å². The summed E-state index contributed by atoms with van der Waals surface area (Å²) in [6.07, 6.45) is 1.46. The van der Waals surface area contributed by atoms with E-state index in [4.69, 9.17) is 0 Å². The summed E-state index contributed by atoms with van der Waals surface area (Å²) >= 11 is 0. The van der Waals surface area contributed by atoms with Gasteiger partial charge in [-0.3, -0.25) is 4.79 Å². The number of benzene rings is 1. The molecule has 1 aromatic carbocycles. The quantitative estimate of drug-likeness (QED) is 0.716. The molecule has 0 amide bonds.